The van der Waals surface area contributed by atoms with E-state index >= 15 is 0 Å². The van der Waals surface area contributed by atoms with Gasteiger partial charge in [-0.15, -0.1) is 0 Å². The lowest BCUT2D eigenvalue weighted by atomic mass is 10.2. The SMILES string of the molecule is CN(CCCCCO)c1ncc(Br)cc1[N+](=O)[O-]. The van der Waals surface area contributed by atoms with Crippen LogP contribution in [0.15, 0.2) is 16.7 Å². The Labute approximate surface area is 114 Å². The second-order valence-electron chi connectivity index (χ2n) is 3.96. The van der Waals surface area contributed by atoms with Crippen molar-refractivity contribution >= 4 is 27.4 Å². The highest BCUT2D eigenvalue weighted by Gasteiger charge is 2.18. The van der Waals surface area contributed by atoms with Crippen molar-refractivity contribution in [3.05, 3.63) is 26.9 Å². The van der Waals surface area contributed by atoms with E-state index in [1.54, 1.807) is 18.1 Å². The zero-order chi connectivity index (χ0) is 13.5. The molecule has 0 aliphatic carbocycles. The monoisotopic (exact) mass is 317 g/mol. The van der Waals surface area contributed by atoms with Crippen molar-refractivity contribution in [1.82, 2.24) is 4.98 Å². The zero-order valence-corrected chi connectivity index (χ0v) is 11.8. The number of hydrogen-bond donors (Lipinski definition) is 1. The summed E-state index contributed by atoms with van der Waals surface area (Å²) in [5, 5.41) is 19.6. The van der Waals surface area contributed by atoms with Gasteiger partial charge >= 0.3 is 5.69 Å². The standard InChI is InChI=1S/C11H16BrN3O3/c1-14(5-3-2-4-6-16)11-10(15(17)18)7-9(12)8-13-11/h7-8,16H,2-6H2,1H3. The number of hydrogen-bond acceptors (Lipinski definition) is 5. The van der Waals surface area contributed by atoms with E-state index in [2.05, 4.69) is 20.9 Å². The Morgan fingerprint density at radius 1 is 1.50 bits per heavy atom. The summed E-state index contributed by atoms with van der Waals surface area (Å²) in [7, 11) is 1.78. The number of halogens is 1. The Hall–Kier alpha value is -1.21. The van der Waals surface area contributed by atoms with E-state index in [9.17, 15) is 10.1 Å². The molecule has 0 amide bonds. The van der Waals surface area contributed by atoms with Gasteiger partial charge in [0, 0.05) is 36.9 Å². The average Bonchev–Trinajstić information content (AvgIpc) is 2.34. The Morgan fingerprint density at radius 2 is 2.22 bits per heavy atom. The highest BCUT2D eigenvalue weighted by Crippen LogP contribution is 2.27. The fourth-order valence-corrected chi connectivity index (χ4v) is 1.91. The molecule has 0 unspecified atom stereocenters. The smallest absolute Gasteiger partial charge is 0.312 e. The Balaban J connectivity index is 2.72. The summed E-state index contributed by atoms with van der Waals surface area (Å²) < 4.78 is 0.589. The van der Waals surface area contributed by atoms with Crippen LogP contribution in [0.4, 0.5) is 11.5 Å². The molecule has 0 atom stereocenters. The van der Waals surface area contributed by atoms with Gasteiger partial charge in [0.15, 0.2) is 0 Å². The van der Waals surface area contributed by atoms with Crippen molar-refractivity contribution in [2.75, 3.05) is 25.1 Å². The molecule has 1 aromatic rings. The van der Waals surface area contributed by atoms with Crippen LogP contribution in [0.2, 0.25) is 0 Å². The molecular weight excluding hydrogens is 302 g/mol. The molecule has 18 heavy (non-hydrogen) atoms. The van der Waals surface area contributed by atoms with Crippen molar-refractivity contribution in [3.8, 4) is 0 Å². The van der Waals surface area contributed by atoms with Crippen LogP contribution < -0.4 is 4.90 Å². The summed E-state index contributed by atoms with van der Waals surface area (Å²) in [5.74, 6) is 0.368. The summed E-state index contributed by atoms with van der Waals surface area (Å²) in [5.41, 5.74) is -0.00552. The molecule has 1 rings (SSSR count). The quantitative estimate of drug-likeness (QED) is 0.474. The number of pyridine rings is 1. The molecule has 0 aliphatic heterocycles. The lowest BCUT2D eigenvalue weighted by molar-refractivity contribution is -0.384. The first kappa shape index (κ1) is 14.8. The molecule has 0 fully saturated rings. The fourth-order valence-electron chi connectivity index (χ4n) is 1.59. The maximum Gasteiger partial charge on any atom is 0.312 e. The molecule has 100 valence electrons. The van der Waals surface area contributed by atoms with Gasteiger partial charge < -0.3 is 10.0 Å². The molecule has 0 saturated heterocycles. The predicted octanol–water partition coefficient (Wildman–Crippen LogP) is 2.35. The first-order valence-electron chi connectivity index (χ1n) is 5.68. The largest absolute Gasteiger partial charge is 0.396 e. The average molecular weight is 318 g/mol. The van der Waals surface area contributed by atoms with Gasteiger partial charge in [0.1, 0.15) is 0 Å². The van der Waals surface area contributed by atoms with Crippen LogP contribution in [0.5, 0.6) is 0 Å². The van der Waals surface area contributed by atoms with Crippen LogP contribution >= 0.6 is 15.9 Å². The molecular formula is C11H16BrN3O3. The summed E-state index contributed by atoms with van der Waals surface area (Å²) in [6.07, 6.45) is 4.06. The van der Waals surface area contributed by atoms with E-state index in [-0.39, 0.29) is 12.3 Å². The molecule has 0 aromatic carbocycles. The Bertz CT molecular complexity index is 415. The molecule has 1 N–H and O–H groups in total. The molecule has 0 saturated carbocycles. The lowest BCUT2D eigenvalue weighted by Crippen LogP contribution is -2.21. The van der Waals surface area contributed by atoms with Gasteiger partial charge in [-0.3, -0.25) is 10.1 Å². The molecule has 6 nitrogen and oxygen atoms in total. The van der Waals surface area contributed by atoms with Crippen molar-refractivity contribution in [1.29, 1.82) is 0 Å². The predicted molar refractivity (Wildman–Crippen MR) is 72.8 cm³/mol. The van der Waals surface area contributed by atoms with Crippen molar-refractivity contribution in [3.63, 3.8) is 0 Å². The Morgan fingerprint density at radius 3 is 2.83 bits per heavy atom. The topological polar surface area (TPSA) is 79.5 Å². The van der Waals surface area contributed by atoms with Crippen LogP contribution in [-0.2, 0) is 0 Å². The molecule has 1 heterocycles. The maximum atomic E-state index is 10.9. The number of rotatable bonds is 7. The number of anilines is 1. The minimum Gasteiger partial charge on any atom is -0.396 e. The van der Waals surface area contributed by atoms with E-state index in [1.807, 2.05) is 0 Å². The summed E-state index contributed by atoms with van der Waals surface area (Å²) in [4.78, 5) is 16.4. The van der Waals surface area contributed by atoms with Crippen molar-refractivity contribution in [2.45, 2.75) is 19.3 Å². The van der Waals surface area contributed by atoms with Gasteiger partial charge in [0.2, 0.25) is 5.82 Å². The molecule has 0 bridgehead atoms. The van der Waals surface area contributed by atoms with Crippen LogP contribution in [-0.4, -0.2) is 35.2 Å². The highest BCUT2D eigenvalue weighted by molar-refractivity contribution is 9.10. The lowest BCUT2D eigenvalue weighted by Gasteiger charge is -2.17. The maximum absolute atomic E-state index is 10.9. The summed E-state index contributed by atoms with van der Waals surface area (Å²) in [6, 6.07) is 1.45. The van der Waals surface area contributed by atoms with Gasteiger partial charge in [-0.1, -0.05) is 0 Å². The number of aliphatic hydroxyl groups is 1. The molecule has 0 aliphatic rings. The number of nitro groups is 1. The number of unbranched alkanes of at least 4 members (excludes halogenated alkanes) is 2. The van der Waals surface area contributed by atoms with E-state index in [4.69, 9.17) is 5.11 Å². The highest BCUT2D eigenvalue weighted by atomic mass is 79.9. The summed E-state index contributed by atoms with van der Waals surface area (Å²) in [6.45, 7) is 0.857. The van der Waals surface area contributed by atoms with E-state index in [0.29, 0.717) is 16.8 Å². The van der Waals surface area contributed by atoms with Gasteiger partial charge in [-0.2, -0.15) is 0 Å². The van der Waals surface area contributed by atoms with E-state index < -0.39 is 4.92 Å². The third kappa shape index (κ3) is 4.23. The van der Waals surface area contributed by atoms with Gasteiger partial charge in [-0.05, 0) is 35.2 Å². The van der Waals surface area contributed by atoms with Gasteiger partial charge in [0.25, 0.3) is 0 Å². The third-order valence-electron chi connectivity index (χ3n) is 2.52. The third-order valence-corrected chi connectivity index (χ3v) is 2.96. The van der Waals surface area contributed by atoms with Crippen molar-refractivity contribution < 1.29 is 10.0 Å². The van der Waals surface area contributed by atoms with E-state index in [0.717, 1.165) is 19.3 Å². The summed E-state index contributed by atoms with van der Waals surface area (Å²) >= 11 is 3.17. The zero-order valence-electron chi connectivity index (χ0n) is 10.2. The second-order valence-corrected chi connectivity index (χ2v) is 4.87. The Kier molecular flexibility index (Phi) is 6.00. The van der Waals surface area contributed by atoms with Crippen LogP contribution in [0.1, 0.15) is 19.3 Å². The molecule has 0 radical (unpaired) electrons. The molecule has 7 heteroatoms. The van der Waals surface area contributed by atoms with E-state index in [1.165, 1.54) is 6.07 Å². The first-order valence-corrected chi connectivity index (χ1v) is 6.47. The van der Waals surface area contributed by atoms with Crippen LogP contribution in [0.3, 0.4) is 0 Å². The number of aromatic nitrogens is 1. The second kappa shape index (κ2) is 7.27. The van der Waals surface area contributed by atoms with Gasteiger partial charge in [0.05, 0.1) is 4.92 Å². The number of aliphatic hydroxyl groups excluding tert-OH is 1. The normalized spacial score (nSPS) is 10.4. The van der Waals surface area contributed by atoms with Gasteiger partial charge in [-0.25, -0.2) is 4.98 Å². The first-order chi connectivity index (χ1) is 8.56. The number of nitrogens with zero attached hydrogens (tertiary/aromatic N) is 3. The van der Waals surface area contributed by atoms with Crippen molar-refractivity contribution in [2.24, 2.45) is 0 Å². The van der Waals surface area contributed by atoms with Crippen LogP contribution in [0.25, 0.3) is 0 Å². The minimum atomic E-state index is -0.433. The molecule has 0 spiro atoms. The molecule has 1 aromatic heterocycles. The van der Waals surface area contributed by atoms with Crippen LogP contribution in [0, 0.1) is 10.1 Å². The minimum absolute atomic E-state index is 0.00552. The fraction of sp³-hybridized carbons (Fsp3) is 0.545.